The molecule has 0 N–H and O–H groups in total. The van der Waals surface area contributed by atoms with Crippen molar-refractivity contribution in [1.82, 2.24) is 30.2 Å². The molecule has 4 heterocycles. The molecular weight excluding hydrogens is 306 g/mol. The summed E-state index contributed by atoms with van der Waals surface area (Å²) in [5, 5.41) is 15.8. The molecular formula is C16H23N7O. The smallest absolute Gasteiger partial charge is 0.225 e. The van der Waals surface area contributed by atoms with E-state index in [1.54, 1.807) is 0 Å². The van der Waals surface area contributed by atoms with Gasteiger partial charge >= 0.3 is 0 Å². The van der Waals surface area contributed by atoms with Crippen LogP contribution in [0.2, 0.25) is 0 Å². The highest BCUT2D eigenvalue weighted by molar-refractivity contribution is 5.79. The number of carbonyl (C=O) groups excluding carboxylic acids is 1. The number of rotatable bonds is 2. The fourth-order valence-electron chi connectivity index (χ4n) is 3.65. The first-order chi connectivity index (χ1) is 11.7. The predicted molar refractivity (Wildman–Crippen MR) is 88.5 cm³/mol. The summed E-state index contributed by atoms with van der Waals surface area (Å²) in [7, 11) is 0. The number of nitrogens with zero attached hydrogens (tertiary/aromatic N) is 7. The van der Waals surface area contributed by atoms with Crippen LogP contribution < -0.4 is 4.90 Å². The molecule has 8 nitrogen and oxygen atoms in total. The van der Waals surface area contributed by atoms with E-state index in [1.165, 1.54) is 4.63 Å². The Morgan fingerprint density at radius 1 is 1.08 bits per heavy atom. The molecule has 2 fully saturated rings. The molecule has 128 valence electrons. The number of anilines is 1. The molecule has 2 aromatic heterocycles. The van der Waals surface area contributed by atoms with Crippen molar-refractivity contribution in [1.29, 1.82) is 0 Å². The second-order valence-corrected chi connectivity index (χ2v) is 6.99. The van der Waals surface area contributed by atoms with Crippen LogP contribution in [-0.4, -0.2) is 62.2 Å². The molecule has 0 atom stereocenters. The Labute approximate surface area is 140 Å². The van der Waals surface area contributed by atoms with Gasteiger partial charge in [-0.05, 0) is 54.2 Å². The Morgan fingerprint density at radius 3 is 2.58 bits per heavy atom. The van der Waals surface area contributed by atoms with E-state index in [1.807, 2.05) is 12.1 Å². The number of hydrogen-bond donors (Lipinski definition) is 0. The molecule has 0 saturated carbocycles. The molecule has 24 heavy (non-hydrogen) atoms. The highest BCUT2D eigenvalue weighted by Crippen LogP contribution is 2.25. The fraction of sp³-hybridized carbons (Fsp3) is 0.688. The summed E-state index contributed by atoms with van der Waals surface area (Å²) in [5.41, 5.74) is 0.642. The molecule has 2 aromatic rings. The molecule has 0 bridgehead atoms. The highest BCUT2D eigenvalue weighted by atomic mass is 16.2. The van der Waals surface area contributed by atoms with Crippen LogP contribution in [0.25, 0.3) is 5.65 Å². The molecule has 0 aromatic carbocycles. The number of likely N-dealkylation sites (tertiary alicyclic amines) is 1. The Balaban J connectivity index is 1.36. The zero-order chi connectivity index (χ0) is 16.5. The van der Waals surface area contributed by atoms with Crippen molar-refractivity contribution in [2.75, 3.05) is 31.1 Å². The number of amides is 1. The summed E-state index contributed by atoms with van der Waals surface area (Å²) >= 11 is 0. The van der Waals surface area contributed by atoms with Gasteiger partial charge in [0.1, 0.15) is 0 Å². The Bertz CT molecular complexity index is 714. The highest BCUT2D eigenvalue weighted by Gasteiger charge is 2.30. The van der Waals surface area contributed by atoms with E-state index in [4.69, 9.17) is 0 Å². The average Bonchev–Trinajstić information content (AvgIpc) is 3.09. The third-order valence-corrected chi connectivity index (χ3v) is 5.32. The van der Waals surface area contributed by atoms with Crippen molar-refractivity contribution in [3.05, 3.63) is 12.1 Å². The Kier molecular flexibility index (Phi) is 4.03. The average molecular weight is 329 g/mol. The fourth-order valence-corrected chi connectivity index (χ4v) is 3.65. The second-order valence-electron chi connectivity index (χ2n) is 6.99. The van der Waals surface area contributed by atoms with Gasteiger partial charge in [0, 0.05) is 32.1 Å². The predicted octanol–water partition coefficient (Wildman–Crippen LogP) is 0.994. The lowest BCUT2D eigenvalue weighted by Gasteiger charge is -2.37. The quantitative estimate of drug-likeness (QED) is 0.817. The molecule has 8 heteroatoms. The summed E-state index contributed by atoms with van der Waals surface area (Å²) in [6.45, 7) is 5.83. The van der Waals surface area contributed by atoms with Gasteiger partial charge in [-0.3, -0.25) is 4.79 Å². The van der Waals surface area contributed by atoms with E-state index in [9.17, 15) is 4.79 Å². The maximum Gasteiger partial charge on any atom is 0.225 e. The lowest BCUT2D eigenvalue weighted by Crippen LogP contribution is -2.45. The van der Waals surface area contributed by atoms with Gasteiger partial charge < -0.3 is 9.80 Å². The molecule has 2 aliphatic heterocycles. The molecule has 2 aliphatic rings. The topological polar surface area (TPSA) is 79.5 Å². The van der Waals surface area contributed by atoms with Gasteiger partial charge in [-0.2, -0.15) is 0 Å². The van der Waals surface area contributed by atoms with Crippen LogP contribution >= 0.6 is 0 Å². The lowest BCUT2D eigenvalue weighted by molar-refractivity contribution is -0.137. The van der Waals surface area contributed by atoms with Crippen LogP contribution in [0.15, 0.2) is 12.1 Å². The maximum atomic E-state index is 12.7. The standard InChI is InChI=1S/C16H23N7O/c1-12-4-8-22(9-5-12)16(24)13-6-10-21(11-7-13)15-3-2-14-17-19-20-23(14)18-15/h2-3,12-13H,4-11H2,1H3. The molecule has 0 unspecified atom stereocenters. The van der Waals surface area contributed by atoms with E-state index < -0.39 is 0 Å². The zero-order valence-electron chi connectivity index (χ0n) is 14.0. The first-order valence-electron chi connectivity index (χ1n) is 8.80. The Morgan fingerprint density at radius 2 is 1.83 bits per heavy atom. The third kappa shape index (κ3) is 2.92. The normalized spacial score (nSPS) is 20.7. The third-order valence-electron chi connectivity index (χ3n) is 5.32. The van der Waals surface area contributed by atoms with Crippen LogP contribution in [0, 0.1) is 11.8 Å². The van der Waals surface area contributed by atoms with Crippen molar-refractivity contribution < 1.29 is 4.79 Å². The second kappa shape index (κ2) is 6.33. The lowest BCUT2D eigenvalue weighted by atomic mass is 9.92. The minimum absolute atomic E-state index is 0.159. The van der Waals surface area contributed by atoms with Crippen LogP contribution in [0.3, 0.4) is 0 Å². The number of fused-ring (bicyclic) bond motifs is 1. The van der Waals surface area contributed by atoms with Gasteiger partial charge in [0.15, 0.2) is 11.5 Å². The zero-order valence-corrected chi connectivity index (χ0v) is 14.0. The SMILES string of the molecule is CC1CCN(C(=O)C2CCN(c3ccc4nnnn4n3)CC2)CC1. The summed E-state index contributed by atoms with van der Waals surface area (Å²) in [5.74, 6) is 2.13. The monoisotopic (exact) mass is 329 g/mol. The van der Waals surface area contributed by atoms with Crippen LogP contribution in [-0.2, 0) is 4.79 Å². The molecule has 1 amide bonds. The first-order valence-corrected chi connectivity index (χ1v) is 8.80. The van der Waals surface area contributed by atoms with E-state index in [-0.39, 0.29) is 5.92 Å². The van der Waals surface area contributed by atoms with E-state index in [0.717, 1.165) is 63.6 Å². The Hall–Kier alpha value is -2.25. The summed E-state index contributed by atoms with van der Waals surface area (Å²) in [6, 6.07) is 3.81. The largest absolute Gasteiger partial charge is 0.355 e. The minimum Gasteiger partial charge on any atom is -0.355 e. The molecule has 2 saturated heterocycles. The van der Waals surface area contributed by atoms with Crippen LogP contribution in [0.1, 0.15) is 32.6 Å². The van der Waals surface area contributed by atoms with Gasteiger partial charge in [0.2, 0.25) is 5.91 Å². The van der Waals surface area contributed by atoms with Gasteiger partial charge in [-0.1, -0.05) is 6.92 Å². The van der Waals surface area contributed by atoms with E-state index >= 15 is 0 Å². The number of hydrogen-bond acceptors (Lipinski definition) is 6. The summed E-state index contributed by atoms with van der Waals surface area (Å²) < 4.78 is 1.45. The number of aromatic nitrogens is 5. The summed E-state index contributed by atoms with van der Waals surface area (Å²) in [6.07, 6.45) is 4.06. The van der Waals surface area contributed by atoms with Gasteiger partial charge in [-0.25, -0.2) is 0 Å². The van der Waals surface area contributed by atoms with Crippen molar-refractivity contribution >= 4 is 17.4 Å². The van der Waals surface area contributed by atoms with Crippen LogP contribution in [0.5, 0.6) is 0 Å². The minimum atomic E-state index is 0.159. The van der Waals surface area contributed by atoms with Crippen molar-refractivity contribution in [3.63, 3.8) is 0 Å². The molecule has 0 radical (unpaired) electrons. The molecule has 0 spiro atoms. The van der Waals surface area contributed by atoms with Crippen LogP contribution in [0.4, 0.5) is 5.82 Å². The molecule has 4 rings (SSSR count). The molecule has 0 aliphatic carbocycles. The number of tetrazole rings is 1. The number of carbonyl (C=O) groups is 1. The van der Waals surface area contributed by atoms with E-state index in [0.29, 0.717) is 11.6 Å². The van der Waals surface area contributed by atoms with E-state index in [2.05, 4.69) is 37.3 Å². The van der Waals surface area contributed by atoms with Gasteiger partial charge in [0.05, 0.1) is 0 Å². The van der Waals surface area contributed by atoms with Crippen molar-refractivity contribution in [2.24, 2.45) is 11.8 Å². The van der Waals surface area contributed by atoms with Gasteiger partial charge in [-0.15, -0.1) is 14.8 Å². The number of piperidine rings is 2. The first kappa shape index (κ1) is 15.3. The van der Waals surface area contributed by atoms with Gasteiger partial charge in [0.25, 0.3) is 0 Å². The van der Waals surface area contributed by atoms with Crippen molar-refractivity contribution in [2.45, 2.75) is 32.6 Å². The van der Waals surface area contributed by atoms with Crippen molar-refractivity contribution in [3.8, 4) is 0 Å². The summed E-state index contributed by atoms with van der Waals surface area (Å²) in [4.78, 5) is 17.0. The maximum absolute atomic E-state index is 12.7.